The Morgan fingerprint density at radius 1 is 1.36 bits per heavy atom. The Hall–Kier alpha value is -1.31. The van der Waals surface area contributed by atoms with E-state index in [-0.39, 0.29) is 11.5 Å². The van der Waals surface area contributed by atoms with Gasteiger partial charge >= 0.3 is 0 Å². The van der Waals surface area contributed by atoms with E-state index in [1.807, 2.05) is 0 Å². The van der Waals surface area contributed by atoms with Gasteiger partial charge in [0, 0.05) is 5.57 Å². The zero-order valence-electron chi connectivity index (χ0n) is 6.79. The summed E-state index contributed by atoms with van der Waals surface area (Å²) in [7, 11) is 0. The molecule has 0 spiro atoms. The van der Waals surface area contributed by atoms with Crippen molar-refractivity contribution in [2.75, 3.05) is 0 Å². The fraction of sp³-hybridized carbons (Fsp3) is 0.222. The SMILES string of the molecule is C=CC(C=CC(C)=O)=C(C)O. The predicted octanol–water partition coefficient (Wildman–Crippen LogP) is 2.15. The minimum Gasteiger partial charge on any atom is -0.512 e. The molecule has 0 atom stereocenters. The van der Waals surface area contributed by atoms with Gasteiger partial charge in [0.25, 0.3) is 0 Å². The van der Waals surface area contributed by atoms with Gasteiger partial charge in [-0.25, -0.2) is 0 Å². The van der Waals surface area contributed by atoms with E-state index in [9.17, 15) is 4.79 Å². The van der Waals surface area contributed by atoms with Crippen molar-refractivity contribution in [3.05, 3.63) is 36.1 Å². The molecule has 0 aliphatic rings. The molecule has 0 fully saturated rings. The third-order valence-corrected chi connectivity index (χ3v) is 1.14. The number of ketones is 1. The second-order valence-electron chi connectivity index (χ2n) is 2.19. The number of hydrogen-bond donors (Lipinski definition) is 1. The molecule has 0 aromatic carbocycles. The van der Waals surface area contributed by atoms with Crippen molar-refractivity contribution in [2.45, 2.75) is 13.8 Å². The summed E-state index contributed by atoms with van der Waals surface area (Å²) in [5, 5.41) is 8.97. The Morgan fingerprint density at radius 3 is 2.18 bits per heavy atom. The van der Waals surface area contributed by atoms with Gasteiger partial charge in [-0.15, -0.1) is 0 Å². The minimum absolute atomic E-state index is 0.0504. The maximum absolute atomic E-state index is 10.5. The summed E-state index contributed by atoms with van der Waals surface area (Å²) in [4.78, 5) is 10.5. The lowest BCUT2D eigenvalue weighted by Gasteiger charge is -1.93. The molecule has 2 nitrogen and oxygen atoms in total. The lowest BCUT2D eigenvalue weighted by atomic mass is 10.2. The molecule has 0 saturated heterocycles. The van der Waals surface area contributed by atoms with Crippen LogP contribution in [0, 0.1) is 0 Å². The molecular weight excluding hydrogens is 140 g/mol. The molecule has 2 heteroatoms. The van der Waals surface area contributed by atoms with Crippen LogP contribution in [-0.2, 0) is 4.79 Å². The number of hydrogen-bond acceptors (Lipinski definition) is 2. The standard InChI is InChI=1S/C9H12O2/c1-4-9(8(3)11)6-5-7(2)10/h4-6,11H,1H2,2-3H3. The Morgan fingerprint density at radius 2 is 1.91 bits per heavy atom. The highest BCUT2D eigenvalue weighted by molar-refractivity contribution is 5.87. The first-order valence-electron chi connectivity index (χ1n) is 3.29. The van der Waals surface area contributed by atoms with E-state index in [0.29, 0.717) is 5.57 Å². The zero-order valence-corrected chi connectivity index (χ0v) is 6.79. The van der Waals surface area contributed by atoms with Crippen molar-refractivity contribution in [2.24, 2.45) is 0 Å². The van der Waals surface area contributed by atoms with Crippen molar-refractivity contribution in [1.29, 1.82) is 0 Å². The van der Waals surface area contributed by atoms with Gasteiger partial charge in [-0.05, 0) is 26.0 Å². The first kappa shape index (κ1) is 9.69. The van der Waals surface area contributed by atoms with Gasteiger partial charge in [0.05, 0.1) is 5.76 Å². The number of carbonyl (C=O) groups excluding carboxylic acids is 1. The molecule has 0 saturated carbocycles. The van der Waals surface area contributed by atoms with Gasteiger partial charge in [-0.2, -0.15) is 0 Å². The van der Waals surface area contributed by atoms with Crippen LogP contribution in [0.15, 0.2) is 36.1 Å². The molecule has 0 rings (SSSR count). The van der Waals surface area contributed by atoms with Gasteiger partial charge in [0.15, 0.2) is 5.78 Å². The Labute approximate surface area is 66.5 Å². The number of aliphatic hydroxyl groups is 1. The Balaban J connectivity index is 4.46. The first-order valence-corrected chi connectivity index (χ1v) is 3.29. The van der Waals surface area contributed by atoms with Crippen LogP contribution < -0.4 is 0 Å². The summed E-state index contributed by atoms with van der Waals surface area (Å²) in [6.07, 6.45) is 4.41. The van der Waals surface area contributed by atoms with Gasteiger partial charge in [-0.1, -0.05) is 12.7 Å². The van der Waals surface area contributed by atoms with Crippen LogP contribution in [-0.4, -0.2) is 10.9 Å². The molecule has 0 aromatic heterocycles. The molecule has 0 unspecified atom stereocenters. The van der Waals surface area contributed by atoms with E-state index < -0.39 is 0 Å². The third kappa shape index (κ3) is 4.14. The van der Waals surface area contributed by atoms with Gasteiger partial charge in [-0.3, -0.25) is 4.79 Å². The Kier molecular flexibility index (Phi) is 3.96. The normalized spacial score (nSPS) is 12.9. The van der Waals surface area contributed by atoms with E-state index in [4.69, 9.17) is 5.11 Å². The summed E-state index contributed by atoms with van der Waals surface area (Å²) >= 11 is 0. The lowest BCUT2D eigenvalue weighted by Crippen LogP contribution is -1.83. The second kappa shape index (κ2) is 4.50. The maximum Gasteiger partial charge on any atom is 0.152 e. The third-order valence-electron chi connectivity index (χ3n) is 1.14. The highest BCUT2D eigenvalue weighted by Gasteiger charge is 1.90. The molecule has 0 aliphatic heterocycles. The van der Waals surface area contributed by atoms with Crippen molar-refractivity contribution < 1.29 is 9.90 Å². The fourth-order valence-electron chi connectivity index (χ4n) is 0.543. The Bertz CT molecular complexity index is 218. The number of allylic oxidation sites excluding steroid dienone is 5. The molecule has 1 N–H and O–H groups in total. The molecule has 0 bridgehead atoms. The van der Waals surface area contributed by atoms with Crippen LogP contribution in [0.3, 0.4) is 0 Å². The zero-order chi connectivity index (χ0) is 8.85. The van der Waals surface area contributed by atoms with Crippen LogP contribution in [0.25, 0.3) is 0 Å². The van der Waals surface area contributed by atoms with Crippen molar-refractivity contribution in [3.63, 3.8) is 0 Å². The highest BCUT2D eigenvalue weighted by Crippen LogP contribution is 2.03. The second-order valence-corrected chi connectivity index (χ2v) is 2.19. The lowest BCUT2D eigenvalue weighted by molar-refractivity contribution is -0.112. The van der Waals surface area contributed by atoms with Gasteiger partial charge in [0.1, 0.15) is 0 Å². The van der Waals surface area contributed by atoms with E-state index in [2.05, 4.69) is 6.58 Å². The number of aliphatic hydroxyl groups excluding tert-OH is 1. The van der Waals surface area contributed by atoms with E-state index in [1.54, 1.807) is 6.92 Å². The van der Waals surface area contributed by atoms with E-state index in [0.717, 1.165) is 0 Å². The van der Waals surface area contributed by atoms with Crippen molar-refractivity contribution in [3.8, 4) is 0 Å². The smallest absolute Gasteiger partial charge is 0.152 e. The quantitative estimate of drug-likeness (QED) is 0.382. The average Bonchev–Trinajstić information content (AvgIpc) is 1.87. The van der Waals surface area contributed by atoms with Crippen LogP contribution in [0.5, 0.6) is 0 Å². The minimum atomic E-state index is -0.0504. The molecule has 0 amide bonds. The topological polar surface area (TPSA) is 37.3 Å². The molecule has 0 aromatic rings. The maximum atomic E-state index is 10.5. The van der Waals surface area contributed by atoms with Crippen LogP contribution >= 0.6 is 0 Å². The molecule has 11 heavy (non-hydrogen) atoms. The van der Waals surface area contributed by atoms with Crippen LogP contribution in [0.1, 0.15) is 13.8 Å². The van der Waals surface area contributed by atoms with E-state index >= 15 is 0 Å². The van der Waals surface area contributed by atoms with Crippen molar-refractivity contribution in [1.82, 2.24) is 0 Å². The van der Waals surface area contributed by atoms with Crippen LogP contribution in [0.2, 0.25) is 0 Å². The molecule has 0 aliphatic carbocycles. The molecular formula is C9H12O2. The van der Waals surface area contributed by atoms with Crippen LogP contribution in [0.4, 0.5) is 0 Å². The van der Waals surface area contributed by atoms with E-state index in [1.165, 1.54) is 25.2 Å². The van der Waals surface area contributed by atoms with Crippen molar-refractivity contribution >= 4 is 5.78 Å². The highest BCUT2D eigenvalue weighted by atomic mass is 16.3. The molecule has 60 valence electrons. The number of rotatable bonds is 3. The molecule has 0 heterocycles. The summed E-state index contributed by atoms with van der Waals surface area (Å²) < 4.78 is 0. The van der Waals surface area contributed by atoms with Gasteiger partial charge in [0.2, 0.25) is 0 Å². The summed E-state index contributed by atoms with van der Waals surface area (Å²) in [6.45, 7) is 6.47. The fourth-order valence-corrected chi connectivity index (χ4v) is 0.543. The number of carbonyl (C=O) groups is 1. The van der Waals surface area contributed by atoms with Gasteiger partial charge < -0.3 is 5.11 Å². The monoisotopic (exact) mass is 152 g/mol. The summed E-state index contributed by atoms with van der Waals surface area (Å²) in [5.41, 5.74) is 0.570. The summed E-state index contributed by atoms with van der Waals surface area (Å²) in [5.74, 6) is 0.114. The average molecular weight is 152 g/mol. The predicted molar refractivity (Wildman–Crippen MR) is 45.3 cm³/mol. The largest absolute Gasteiger partial charge is 0.512 e. The molecule has 0 radical (unpaired) electrons. The summed E-state index contributed by atoms with van der Waals surface area (Å²) in [6, 6.07) is 0. The first-order chi connectivity index (χ1) is 5.07.